The highest BCUT2D eigenvalue weighted by Crippen LogP contribution is 2.28. The van der Waals surface area contributed by atoms with E-state index >= 15 is 0 Å². The van der Waals surface area contributed by atoms with Gasteiger partial charge in [0.25, 0.3) is 0 Å². The summed E-state index contributed by atoms with van der Waals surface area (Å²) in [7, 11) is 0. The smallest absolute Gasteiger partial charge is 0.160 e. The average Bonchev–Trinajstić information content (AvgIpc) is 2.66. The molecule has 0 spiro atoms. The van der Waals surface area contributed by atoms with E-state index in [1.54, 1.807) is 37.5 Å². The van der Waals surface area contributed by atoms with Gasteiger partial charge >= 0.3 is 0 Å². The zero-order chi connectivity index (χ0) is 17.6. The van der Waals surface area contributed by atoms with Crippen molar-refractivity contribution in [1.82, 2.24) is 9.97 Å². The lowest BCUT2D eigenvalue weighted by Gasteiger charge is -2.29. The molecule has 0 unspecified atom stereocenters. The highest BCUT2D eigenvalue weighted by molar-refractivity contribution is 5.61. The number of pyridine rings is 2. The van der Waals surface area contributed by atoms with E-state index in [0.717, 1.165) is 25.9 Å². The monoisotopic (exact) mass is 336 g/mol. The highest BCUT2D eigenvalue weighted by Gasteiger charge is 2.18. The molecule has 1 fully saturated rings. The molecule has 2 aromatic rings. The predicted molar refractivity (Wildman–Crippen MR) is 95.0 cm³/mol. The van der Waals surface area contributed by atoms with Gasteiger partial charge in [-0.2, -0.15) is 0 Å². The summed E-state index contributed by atoms with van der Waals surface area (Å²) in [6.45, 7) is 3.17. The second-order valence-electron chi connectivity index (χ2n) is 5.79. The molecule has 0 aromatic carbocycles. The summed E-state index contributed by atoms with van der Waals surface area (Å²) < 4.78 is 13.8. The number of anilines is 1. The molecule has 25 heavy (non-hydrogen) atoms. The van der Waals surface area contributed by atoms with Crippen LogP contribution in [0.5, 0.6) is 0 Å². The van der Waals surface area contributed by atoms with Gasteiger partial charge < -0.3 is 4.90 Å². The summed E-state index contributed by atoms with van der Waals surface area (Å²) in [5, 5.41) is 3.03. The van der Waals surface area contributed by atoms with Crippen molar-refractivity contribution in [2.45, 2.75) is 19.8 Å². The minimum Gasteiger partial charge on any atom is -0.354 e. The standard InChI is InChI=1S/C19H17FN4O/c1-14-7-11-21-16(18(14)20)5-2-4-15-8-12-24(13-9-15)19-17(23-25)6-3-10-22-19/h3-4,6-7,10-11H,8-9,12-13H2,1H3. The topological polar surface area (TPSA) is 58.5 Å². The van der Waals surface area contributed by atoms with Gasteiger partial charge in [0.05, 0.1) is 0 Å². The van der Waals surface area contributed by atoms with Crippen LogP contribution in [0.3, 0.4) is 0 Å². The molecule has 0 N–H and O–H groups in total. The Morgan fingerprint density at radius 1 is 1.24 bits per heavy atom. The van der Waals surface area contributed by atoms with E-state index < -0.39 is 0 Å². The fourth-order valence-corrected chi connectivity index (χ4v) is 2.69. The van der Waals surface area contributed by atoms with Gasteiger partial charge in [0.2, 0.25) is 0 Å². The first-order valence-corrected chi connectivity index (χ1v) is 8.03. The van der Waals surface area contributed by atoms with E-state index in [-0.39, 0.29) is 11.5 Å². The van der Waals surface area contributed by atoms with Gasteiger partial charge in [0.1, 0.15) is 11.4 Å². The molecule has 0 atom stereocenters. The summed E-state index contributed by atoms with van der Waals surface area (Å²) in [5.74, 6) is 5.92. The van der Waals surface area contributed by atoms with Crippen LogP contribution >= 0.6 is 0 Å². The second kappa shape index (κ2) is 7.67. The second-order valence-corrected chi connectivity index (χ2v) is 5.79. The van der Waals surface area contributed by atoms with Gasteiger partial charge in [-0.05, 0) is 60.7 Å². The van der Waals surface area contributed by atoms with Crippen LogP contribution in [0.1, 0.15) is 24.1 Å². The Morgan fingerprint density at radius 2 is 2.04 bits per heavy atom. The fraction of sp³-hybridized carbons (Fsp3) is 0.263. The maximum atomic E-state index is 13.8. The molecule has 3 heterocycles. The van der Waals surface area contributed by atoms with E-state index in [1.165, 1.54) is 5.57 Å². The molecule has 1 saturated heterocycles. The van der Waals surface area contributed by atoms with Gasteiger partial charge in [-0.3, -0.25) is 0 Å². The maximum absolute atomic E-state index is 13.8. The Balaban J connectivity index is 1.67. The SMILES string of the molecule is Cc1ccnc(C#CC=C2CCN(c3ncccc3N=O)CC2)c1F. The van der Waals surface area contributed by atoms with Gasteiger partial charge in [-0.25, -0.2) is 14.4 Å². The molecule has 1 aliphatic rings. The first-order valence-electron chi connectivity index (χ1n) is 8.03. The number of allylic oxidation sites excluding steroid dienone is 1. The molecule has 126 valence electrons. The molecular formula is C19H17FN4O. The van der Waals surface area contributed by atoms with Crippen LogP contribution in [0.4, 0.5) is 15.9 Å². The zero-order valence-corrected chi connectivity index (χ0v) is 13.9. The third-order valence-electron chi connectivity index (χ3n) is 4.12. The molecule has 0 radical (unpaired) electrons. The normalized spacial score (nSPS) is 13.8. The predicted octanol–water partition coefficient (Wildman–Crippen LogP) is 3.90. The van der Waals surface area contributed by atoms with Gasteiger partial charge in [-0.1, -0.05) is 11.5 Å². The van der Waals surface area contributed by atoms with Gasteiger partial charge in [0, 0.05) is 25.5 Å². The lowest BCUT2D eigenvalue weighted by molar-refractivity contribution is 0.607. The molecule has 2 aromatic heterocycles. The van der Waals surface area contributed by atoms with Crippen molar-refractivity contribution >= 4 is 11.5 Å². The molecule has 5 nitrogen and oxygen atoms in total. The van der Waals surface area contributed by atoms with Crippen molar-refractivity contribution < 1.29 is 4.39 Å². The van der Waals surface area contributed by atoms with Crippen molar-refractivity contribution in [2.75, 3.05) is 18.0 Å². The third-order valence-corrected chi connectivity index (χ3v) is 4.12. The number of hydrogen-bond acceptors (Lipinski definition) is 5. The molecule has 0 aliphatic carbocycles. The Hall–Kier alpha value is -3.07. The lowest BCUT2D eigenvalue weighted by Crippen LogP contribution is -2.31. The van der Waals surface area contributed by atoms with Crippen LogP contribution in [0.2, 0.25) is 0 Å². The summed E-state index contributed by atoms with van der Waals surface area (Å²) in [5.41, 5.74) is 2.25. The van der Waals surface area contributed by atoms with E-state index in [1.807, 2.05) is 11.0 Å². The fourth-order valence-electron chi connectivity index (χ4n) is 2.69. The largest absolute Gasteiger partial charge is 0.354 e. The zero-order valence-electron chi connectivity index (χ0n) is 13.9. The molecule has 6 heteroatoms. The van der Waals surface area contributed by atoms with Crippen molar-refractivity contribution in [1.29, 1.82) is 0 Å². The maximum Gasteiger partial charge on any atom is 0.160 e. The molecule has 0 amide bonds. The first-order chi connectivity index (χ1) is 12.2. The number of aryl methyl sites for hydroxylation is 1. The highest BCUT2D eigenvalue weighted by atomic mass is 19.1. The van der Waals surface area contributed by atoms with Crippen LogP contribution in [0.15, 0.2) is 47.4 Å². The summed E-state index contributed by atoms with van der Waals surface area (Å²) in [4.78, 5) is 21.1. The minimum atomic E-state index is -0.368. The Labute approximate surface area is 145 Å². The molecule has 0 bridgehead atoms. The summed E-state index contributed by atoms with van der Waals surface area (Å²) >= 11 is 0. The summed E-state index contributed by atoms with van der Waals surface area (Å²) in [6, 6.07) is 4.98. The van der Waals surface area contributed by atoms with E-state index in [9.17, 15) is 9.30 Å². The number of nitrogens with zero attached hydrogens (tertiary/aromatic N) is 4. The van der Waals surface area contributed by atoms with Crippen molar-refractivity contribution in [3.05, 3.63) is 64.2 Å². The summed E-state index contributed by atoms with van der Waals surface area (Å²) in [6.07, 6.45) is 6.67. The molecular weight excluding hydrogens is 319 g/mol. The van der Waals surface area contributed by atoms with E-state index in [4.69, 9.17) is 0 Å². The number of rotatable bonds is 2. The van der Waals surface area contributed by atoms with Crippen molar-refractivity contribution in [3.8, 4) is 11.8 Å². The van der Waals surface area contributed by atoms with Crippen LogP contribution in [-0.4, -0.2) is 23.1 Å². The van der Waals surface area contributed by atoms with Crippen LogP contribution in [0.25, 0.3) is 0 Å². The third kappa shape index (κ3) is 3.89. The number of hydrogen-bond donors (Lipinski definition) is 0. The Bertz CT molecular complexity index is 872. The quantitative estimate of drug-likeness (QED) is 0.616. The van der Waals surface area contributed by atoms with E-state index in [0.29, 0.717) is 17.1 Å². The number of aromatic nitrogens is 2. The van der Waals surface area contributed by atoms with Crippen LogP contribution in [0, 0.1) is 29.5 Å². The lowest BCUT2D eigenvalue weighted by atomic mass is 10.0. The Morgan fingerprint density at radius 3 is 2.80 bits per heavy atom. The van der Waals surface area contributed by atoms with E-state index in [2.05, 4.69) is 27.0 Å². The van der Waals surface area contributed by atoms with Crippen LogP contribution in [-0.2, 0) is 0 Å². The van der Waals surface area contributed by atoms with Crippen molar-refractivity contribution in [3.63, 3.8) is 0 Å². The minimum absolute atomic E-state index is 0.171. The molecule has 3 rings (SSSR count). The number of halogens is 1. The number of piperidine rings is 1. The first kappa shape index (κ1) is 16.8. The van der Waals surface area contributed by atoms with Crippen molar-refractivity contribution in [2.24, 2.45) is 5.18 Å². The Kier molecular flexibility index (Phi) is 5.14. The van der Waals surface area contributed by atoms with Gasteiger partial charge in [0.15, 0.2) is 11.6 Å². The van der Waals surface area contributed by atoms with Gasteiger partial charge in [-0.15, -0.1) is 4.91 Å². The number of nitroso groups, excluding NO2 is 1. The van der Waals surface area contributed by atoms with Crippen LogP contribution < -0.4 is 4.90 Å². The average molecular weight is 336 g/mol. The molecule has 1 aliphatic heterocycles. The molecule has 0 saturated carbocycles.